The number of rotatable bonds is 5. The van der Waals surface area contributed by atoms with Crippen molar-refractivity contribution < 1.29 is 18.8 Å². The third kappa shape index (κ3) is 5.15. The van der Waals surface area contributed by atoms with E-state index in [4.69, 9.17) is 9.26 Å². The minimum Gasteiger partial charge on any atom is -0.379 e. The number of nitrogens with one attached hydrogen (secondary N) is 2. The van der Waals surface area contributed by atoms with Gasteiger partial charge in [-0.2, -0.15) is 0 Å². The summed E-state index contributed by atoms with van der Waals surface area (Å²) < 4.78 is 10.3. The van der Waals surface area contributed by atoms with E-state index in [0.29, 0.717) is 25.5 Å². The molecule has 27 heavy (non-hydrogen) atoms. The van der Waals surface area contributed by atoms with Gasteiger partial charge in [-0.3, -0.25) is 19.8 Å². The molecule has 1 aliphatic rings. The third-order valence-electron chi connectivity index (χ3n) is 4.48. The molecule has 2 heterocycles. The Morgan fingerprint density at radius 3 is 2.48 bits per heavy atom. The number of benzene rings is 1. The first kappa shape index (κ1) is 19.1. The SMILES string of the molecule is Cc1ccc(C(CNC(=O)C(=O)Nc2cc(C)on2)N2CCOCC2)cc1. The average Bonchev–Trinajstić information content (AvgIpc) is 3.08. The van der Waals surface area contributed by atoms with E-state index < -0.39 is 11.8 Å². The molecular formula is C19H24N4O4. The van der Waals surface area contributed by atoms with Gasteiger partial charge >= 0.3 is 11.8 Å². The average molecular weight is 372 g/mol. The summed E-state index contributed by atoms with van der Waals surface area (Å²) in [4.78, 5) is 26.5. The molecule has 2 N–H and O–H groups in total. The lowest BCUT2D eigenvalue weighted by molar-refractivity contribution is -0.136. The van der Waals surface area contributed by atoms with E-state index in [1.807, 2.05) is 19.1 Å². The predicted octanol–water partition coefficient (Wildman–Crippen LogP) is 1.42. The maximum Gasteiger partial charge on any atom is 0.314 e. The van der Waals surface area contributed by atoms with Crippen molar-refractivity contribution in [1.82, 2.24) is 15.4 Å². The van der Waals surface area contributed by atoms with Gasteiger partial charge in [-0.05, 0) is 19.4 Å². The van der Waals surface area contributed by atoms with E-state index in [0.717, 1.165) is 18.7 Å². The molecule has 1 aliphatic heterocycles. The van der Waals surface area contributed by atoms with Gasteiger partial charge in [0.05, 0.1) is 19.3 Å². The van der Waals surface area contributed by atoms with Crippen LogP contribution < -0.4 is 10.6 Å². The highest BCUT2D eigenvalue weighted by molar-refractivity contribution is 6.39. The Morgan fingerprint density at radius 1 is 1.15 bits per heavy atom. The molecule has 3 rings (SSSR count). The highest BCUT2D eigenvalue weighted by atomic mass is 16.5. The minimum absolute atomic E-state index is 0.0273. The highest BCUT2D eigenvalue weighted by Crippen LogP contribution is 2.21. The number of carbonyl (C=O) groups is 2. The highest BCUT2D eigenvalue weighted by Gasteiger charge is 2.24. The van der Waals surface area contributed by atoms with Crippen molar-refractivity contribution in [2.75, 3.05) is 38.2 Å². The van der Waals surface area contributed by atoms with Crippen LogP contribution in [0.1, 0.15) is 22.9 Å². The molecule has 0 bridgehead atoms. The Balaban J connectivity index is 1.63. The van der Waals surface area contributed by atoms with Gasteiger partial charge in [0.25, 0.3) is 0 Å². The molecule has 0 radical (unpaired) electrons. The summed E-state index contributed by atoms with van der Waals surface area (Å²) in [6, 6.07) is 9.72. The normalized spacial score (nSPS) is 15.9. The second-order valence-electron chi connectivity index (χ2n) is 6.56. The van der Waals surface area contributed by atoms with Gasteiger partial charge < -0.3 is 14.6 Å². The quantitative estimate of drug-likeness (QED) is 0.771. The molecule has 1 aromatic carbocycles. The minimum atomic E-state index is -0.770. The zero-order chi connectivity index (χ0) is 19.2. The molecule has 2 aromatic rings. The van der Waals surface area contributed by atoms with Crippen LogP contribution in [0.4, 0.5) is 5.82 Å². The molecule has 1 aromatic heterocycles. The van der Waals surface area contributed by atoms with Crippen LogP contribution in [-0.4, -0.2) is 54.7 Å². The van der Waals surface area contributed by atoms with E-state index in [9.17, 15) is 9.59 Å². The Bertz CT molecular complexity index is 781. The van der Waals surface area contributed by atoms with Crippen LogP contribution in [0, 0.1) is 13.8 Å². The first-order chi connectivity index (χ1) is 13.0. The second-order valence-corrected chi connectivity index (χ2v) is 6.56. The van der Waals surface area contributed by atoms with Crippen molar-refractivity contribution in [3.8, 4) is 0 Å². The summed E-state index contributed by atoms with van der Waals surface area (Å²) in [5.74, 6) is -0.706. The van der Waals surface area contributed by atoms with Crippen molar-refractivity contribution >= 4 is 17.6 Å². The van der Waals surface area contributed by atoms with Crippen molar-refractivity contribution in [3.05, 3.63) is 47.2 Å². The van der Waals surface area contributed by atoms with Crippen molar-refractivity contribution in [2.45, 2.75) is 19.9 Å². The lowest BCUT2D eigenvalue weighted by Gasteiger charge is -2.34. The first-order valence-corrected chi connectivity index (χ1v) is 8.94. The smallest absolute Gasteiger partial charge is 0.314 e. The second kappa shape index (κ2) is 8.79. The molecule has 1 atom stereocenters. The first-order valence-electron chi connectivity index (χ1n) is 8.94. The summed E-state index contributed by atoms with van der Waals surface area (Å²) >= 11 is 0. The van der Waals surface area contributed by atoms with E-state index in [1.165, 1.54) is 5.56 Å². The van der Waals surface area contributed by atoms with Gasteiger partial charge in [-0.25, -0.2) is 0 Å². The lowest BCUT2D eigenvalue weighted by atomic mass is 10.0. The Morgan fingerprint density at radius 2 is 1.85 bits per heavy atom. The Hall–Kier alpha value is -2.71. The molecule has 144 valence electrons. The number of hydrogen-bond donors (Lipinski definition) is 2. The van der Waals surface area contributed by atoms with Gasteiger partial charge in [0, 0.05) is 25.7 Å². The van der Waals surface area contributed by atoms with Crippen LogP contribution in [-0.2, 0) is 14.3 Å². The maximum atomic E-state index is 12.2. The molecule has 8 nitrogen and oxygen atoms in total. The summed E-state index contributed by atoms with van der Waals surface area (Å²) in [5.41, 5.74) is 2.26. The van der Waals surface area contributed by atoms with Gasteiger partial charge in [0.15, 0.2) is 5.82 Å². The Kier molecular flexibility index (Phi) is 6.20. The van der Waals surface area contributed by atoms with Crippen LogP contribution in [0.5, 0.6) is 0 Å². The predicted molar refractivity (Wildman–Crippen MR) is 99.2 cm³/mol. The van der Waals surface area contributed by atoms with Crippen molar-refractivity contribution in [1.29, 1.82) is 0 Å². The number of aromatic nitrogens is 1. The van der Waals surface area contributed by atoms with Gasteiger partial charge in [-0.15, -0.1) is 0 Å². The number of aryl methyl sites for hydroxylation is 2. The van der Waals surface area contributed by atoms with Gasteiger partial charge in [0.1, 0.15) is 5.76 Å². The summed E-state index contributed by atoms with van der Waals surface area (Å²) in [6.45, 7) is 6.93. The summed E-state index contributed by atoms with van der Waals surface area (Å²) in [5, 5.41) is 8.81. The van der Waals surface area contributed by atoms with Crippen LogP contribution in [0.2, 0.25) is 0 Å². The summed E-state index contributed by atoms with van der Waals surface area (Å²) in [7, 11) is 0. The van der Waals surface area contributed by atoms with Crippen LogP contribution in [0.15, 0.2) is 34.9 Å². The third-order valence-corrected chi connectivity index (χ3v) is 4.48. The standard InChI is InChI=1S/C19H24N4O4/c1-13-3-5-15(6-4-13)16(23-7-9-26-10-8-23)12-20-18(24)19(25)21-17-11-14(2)27-22-17/h3-6,11,16H,7-10,12H2,1-2H3,(H,20,24)(H,21,22,25). The van der Waals surface area contributed by atoms with E-state index >= 15 is 0 Å². The molecule has 1 unspecified atom stereocenters. The zero-order valence-electron chi connectivity index (χ0n) is 15.5. The van der Waals surface area contributed by atoms with Crippen molar-refractivity contribution in [2.24, 2.45) is 0 Å². The fourth-order valence-corrected chi connectivity index (χ4v) is 3.00. The summed E-state index contributed by atoms with van der Waals surface area (Å²) in [6.07, 6.45) is 0. The number of hydrogen-bond acceptors (Lipinski definition) is 6. The topological polar surface area (TPSA) is 96.7 Å². The molecule has 0 saturated carbocycles. The lowest BCUT2D eigenvalue weighted by Crippen LogP contribution is -2.45. The molecule has 1 fully saturated rings. The largest absolute Gasteiger partial charge is 0.379 e. The maximum absolute atomic E-state index is 12.2. The van der Waals surface area contributed by atoms with Crippen LogP contribution in [0.25, 0.3) is 0 Å². The number of anilines is 1. The van der Waals surface area contributed by atoms with Crippen LogP contribution >= 0.6 is 0 Å². The molecule has 2 amide bonds. The van der Waals surface area contributed by atoms with E-state index in [-0.39, 0.29) is 11.9 Å². The van der Waals surface area contributed by atoms with Gasteiger partial charge in [-0.1, -0.05) is 35.0 Å². The molecule has 1 saturated heterocycles. The number of nitrogens with zero attached hydrogens (tertiary/aromatic N) is 2. The number of carbonyl (C=O) groups excluding carboxylic acids is 2. The fourth-order valence-electron chi connectivity index (χ4n) is 3.00. The van der Waals surface area contributed by atoms with E-state index in [2.05, 4.69) is 32.8 Å². The number of amides is 2. The van der Waals surface area contributed by atoms with E-state index in [1.54, 1.807) is 13.0 Å². The van der Waals surface area contributed by atoms with Gasteiger partial charge in [0.2, 0.25) is 0 Å². The monoisotopic (exact) mass is 372 g/mol. The molecule has 0 spiro atoms. The molecule has 8 heteroatoms. The fraction of sp³-hybridized carbons (Fsp3) is 0.421. The zero-order valence-corrected chi connectivity index (χ0v) is 15.5. The number of ether oxygens (including phenoxy) is 1. The molecular weight excluding hydrogens is 348 g/mol. The number of morpholine rings is 1. The molecule has 0 aliphatic carbocycles. The Labute approximate surface area is 157 Å². The van der Waals surface area contributed by atoms with Crippen LogP contribution in [0.3, 0.4) is 0 Å². The van der Waals surface area contributed by atoms with Crippen molar-refractivity contribution in [3.63, 3.8) is 0 Å².